The number of fused-ring (bicyclic) bond motifs is 4. The predicted molar refractivity (Wildman–Crippen MR) is 171 cm³/mol. The third-order valence-corrected chi connectivity index (χ3v) is 7.82. The number of rotatable bonds is 4. The first-order valence-electron chi connectivity index (χ1n) is 13.9. The van der Waals surface area contributed by atoms with E-state index in [2.05, 4.69) is 89.5 Å². The van der Waals surface area contributed by atoms with Crippen molar-refractivity contribution in [2.75, 3.05) is 0 Å². The molecular weight excluding hydrogens is 710 g/mol. The molecule has 0 radical (unpaired) electrons. The van der Waals surface area contributed by atoms with E-state index >= 15 is 0 Å². The van der Waals surface area contributed by atoms with Crippen LogP contribution in [-0.4, -0.2) is 19.6 Å². The summed E-state index contributed by atoms with van der Waals surface area (Å²) in [5.41, 5.74) is 7.19. The van der Waals surface area contributed by atoms with Crippen LogP contribution in [0.1, 0.15) is 0 Å². The van der Waals surface area contributed by atoms with Crippen molar-refractivity contribution >= 4 is 32.7 Å². The van der Waals surface area contributed by atoms with E-state index in [-0.39, 0.29) is 26.8 Å². The molecule has 8 rings (SSSR count). The largest absolute Gasteiger partial charge is 0.515 e. The van der Waals surface area contributed by atoms with Gasteiger partial charge in [-0.3, -0.25) is 9.55 Å². The monoisotopic (exact) mass is 733 g/mol. The van der Waals surface area contributed by atoms with Gasteiger partial charge < -0.3 is 5.11 Å². The molecule has 43 heavy (non-hydrogen) atoms. The number of benzene rings is 5. The molecule has 0 aliphatic heterocycles. The fraction of sp³-hybridized carbons (Fsp3) is 0. The molecule has 4 nitrogen and oxygen atoms in total. The minimum Gasteiger partial charge on any atom is -0.515 e. The first-order valence-corrected chi connectivity index (χ1v) is 13.9. The molecule has 0 unspecified atom stereocenters. The SMILES string of the molecule is Oc1ccccc1-c1[c-]c(-c2cccc(-n3c4ccccc4c4cccnc43)n2)cc(-c2ccc3ccccc3c2)c1.[Pt]. The van der Waals surface area contributed by atoms with Crippen LogP contribution in [0.15, 0.2) is 140 Å². The molecule has 0 saturated carbocycles. The Hall–Kier alpha value is -5.05. The number of aromatic hydroxyl groups is 1. The number of nitrogens with zero attached hydrogens (tertiary/aromatic N) is 3. The molecule has 5 aromatic carbocycles. The summed E-state index contributed by atoms with van der Waals surface area (Å²) in [7, 11) is 0. The van der Waals surface area contributed by atoms with Crippen LogP contribution < -0.4 is 0 Å². The van der Waals surface area contributed by atoms with Crippen LogP contribution in [0, 0.1) is 6.07 Å². The van der Waals surface area contributed by atoms with E-state index in [0.29, 0.717) is 0 Å². The van der Waals surface area contributed by atoms with Gasteiger partial charge in [0.15, 0.2) is 0 Å². The first-order chi connectivity index (χ1) is 20.7. The summed E-state index contributed by atoms with van der Waals surface area (Å²) in [6, 6.07) is 48.5. The van der Waals surface area contributed by atoms with Crippen molar-refractivity contribution in [1.29, 1.82) is 0 Å². The van der Waals surface area contributed by atoms with Crippen LogP contribution in [0.2, 0.25) is 0 Å². The molecule has 0 saturated heterocycles. The van der Waals surface area contributed by atoms with Crippen LogP contribution in [0.25, 0.3) is 72.0 Å². The molecule has 0 spiro atoms. The molecule has 0 fully saturated rings. The van der Waals surface area contributed by atoms with Gasteiger partial charge in [0.05, 0.1) is 11.3 Å². The zero-order valence-electron chi connectivity index (χ0n) is 22.9. The first kappa shape index (κ1) is 26.8. The van der Waals surface area contributed by atoms with Gasteiger partial charge in [0.1, 0.15) is 11.5 Å². The zero-order valence-corrected chi connectivity index (χ0v) is 25.2. The Morgan fingerprint density at radius 2 is 1.37 bits per heavy atom. The normalized spacial score (nSPS) is 11.2. The average molecular weight is 734 g/mol. The van der Waals surface area contributed by atoms with Crippen molar-refractivity contribution in [3.8, 4) is 45.1 Å². The molecule has 3 heterocycles. The van der Waals surface area contributed by atoms with E-state index in [1.165, 1.54) is 10.8 Å². The quantitative estimate of drug-likeness (QED) is 0.184. The average Bonchev–Trinajstić information content (AvgIpc) is 3.39. The molecule has 0 bridgehead atoms. The third kappa shape index (κ3) is 4.70. The Bertz CT molecular complexity index is 2240. The zero-order chi connectivity index (χ0) is 28.0. The molecule has 0 atom stereocenters. The standard InChI is InChI=1S/C38H24N3O.Pt/c42-36-16-6-4-11-31(36)29-22-28(27-19-18-25-9-1-2-10-26(25)21-27)23-30(24-29)34-14-7-17-37(40-34)41-35-15-5-3-12-32(35)33-13-8-20-39-38(33)41;/h1-23,42H;/q-1;. The van der Waals surface area contributed by atoms with E-state index < -0.39 is 0 Å². The number of pyridine rings is 2. The van der Waals surface area contributed by atoms with Crippen molar-refractivity contribution in [3.63, 3.8) is 0 Å². The van der Waals surface area contributed by atoms with Crippen molar-refractivity contribution in [1.82, 2.24) is 14.5 Å². The summed E-state index contributed by atoms with van der Waals surface area (Å²) in [6.45, 7) is 0. The maximum atomic E-state index is 10.8. The summed E-state index contributed by atoms with van der Waals surface area (Å²) in [6.07, 6.45) is 1.82. The molecule has 0 aliphatic carbocycles. The van der Waals surface area contributed by atoms with E-state index in [1.807, 2.05) is 54.7 Å². The van der Waals surface area contributed by atoms with Gasteiger partial charge in [-0.1, -0.05) is 96.1 Å². The summed E-state index contributed by atoms with van der Waals surface area (Å²) in [4.78, 5) is 9.88. The Kier molecular flexibility index (Phi) is 6.85. The number of phenolic OH excluding ortho intramolecular Hbond substituents is 1. The topological polar surface area (TPSA) is 50.9 Å². The minimum absolute atomic E-state index is 0. The van der Waals surface area contributed by atoms with Crippen molar-refractivity contribution in [2.45, 2.75) is 0 Å². The number of aromatic nitrogens is 3. The summed E-state index contributed by atoms with van der Waals surface area (Å²) < 4.78 is 2.12. The third-order valence-electron chi connectivity index (χ3n) is 7.82. The fourth-order valence-corrected chi connectivity index (χ4v) is 5.82. The Labute approximate surface area is 263 Å². The molecule has 0 amide bonds. The summed E-state index contributed by atoms with van der Waals surface area (Å²) in [5.74, 6) is 0.999. The molecular formula is C38H24N3OPt-. The second kappa shape index (κ2) is 11.0. The van der Waals surface area contributed by atoms with Gasteiger partial charge in [-0.25, -0.2) is 4.98 Å². The van der Waals surface area contributed by atoms with Gasteiger partial charge in [0, 0.05) is 43.7 Å². The van der Waals surface area contributed by atoms with E-state index in [1.54, 1.807) is 6.07 Å². The Morgan fingerprint density at radius 3 is 2.28 bits per heavy atom. The van der Waals surface area contributed by atoms with Crippen molar-refractivity contribution in [3.05, 3.63) is 146 Å². The molecule has 1 N–H and O–H groups in total. The van der Waals surface area contributed by atoms with Crippen LogP contribution in [0.5, 0.6) is 5.75 Å². The van der Waals surface area contributed by atoms with Crippen LogP contribution >= 0.6 is 0 Å². The van der Waals surface area contributed by atoms with Gasteiger partial charge in [-0.05, 0) is 58.3 Å². The molecule has 5 heteroatoms. The van der Waals surface area contributed by atoms with Gasteiger partial charge in [-0.15, -0.1) is 23.8 Å². The number of hydrogen-bond donors (Lipinski definition) is 1. The second-order valence-electron chi connectivity index (χ2n) is 10.4. The van der Waals surface area contributed by atoms with Gasteiger partial charge in [0.25, 0.3) is 0 Å². The van der Waals surface area contributed by atoms with Crippen LogP contribution in [-0.2, 0) is 21.1 Å². The molecule has 8 aromatic rings. The maximum absolute atomic E-state index is 10.8. The maximum Gasteiger partial charge on any atom is 0.146 e. The Morgan fingerprint density at radius 1 is 0.605 bits per heavy atom. The van der Waals surface area contributed by atoms with E-state index in [0.717, 1.165) is 61.3 Å². The molecule has 0 aliphatic rings. The van der Waals surface area contributed by atoms with Crippen molar-refractivity contribution in [2.24, 2.45) is 0 Å². The summed E-state index contributed by atoms with van der Waals surface area (Å²) in [5, 5.41) is 15.3. The Balaban J connectivity index is 0.00000300. The van der Waals surface area contributed by atoms with E-state index in [4.69, 9.17) is 9.97 Å². The van der Waals surface area contributed by atoms with Gasteiger partial charge >= 0.3 is 0 Å². The van der Waals surface area contributed by atoms with Crippen LogP contribution in [0.4, 0.5) is 0 Å². The summed E-state index contributed by atoms with van der Waals surface area (Å²) >= 11 is 0. The molecule has 208 valence electrons. The minimum atomic E-state index is 0. The number of hydrogen-bond acceptors (Lipinski definition) is 3. The van der Waals surface area contributed by atoms with Gasteiger partial charge in [-0.2, -0.15) is 0 Å². The van der Waals surface area contributed by atoms with Gasteiger partial charge in [0.2, 0.25) is 0 Å². The second-order valence-corrected chi connectivity index (χ2v) is 10.4. The van der Waals surface area contributed by atoms with Crippen LogP contribution in [0.3, 0.4) is 0 Å². The fourth-order valence-electron chi connectivity index (χ4n) is 5.82. The van der Waals surface area contributed by atoms with Crippen molar-refractivity contribution < 1.29 is 26.2 Å². The number of para-hydroxylation sites is 2. The predicted octanol–water partition coefficient (Wildman–Crippen LogP) is 9.23. The molecule has 3 aromatic heterocycles. The smallest absolute Gasteiger partial charge is 0.146 e. The van der Waals surface area contributed by atoms with E-state index in [9.17, 15) is 5.11 Å². The number of phenols is 1.